The van der Waals surface area contributed by atoms with Crippen LogP contribution in [0.25, 0.3) is 0 Å². The fourth-order valence-corrected chi connectivity index (χ4v) is 0.175. The Balaban J connectivity index is 2.83. The van der Waals surface area contributed by atoms with E-state index in [2.05, 4.69) is 15.6 Å². The minimum Gasteiger partial charge on any atom is -0.308 e. The average Bonchev–Trinajstić information content (AvgIpc) is 1.68. The zero-order chi connectivity index (χ0) is 5.70. The van der Waals surface area contributed by atoms with Crippen molar-refractivity contribution in [1.82, 2.24) is 0 Å². The second kappa shape index (κ2) is 4.07. The second-order valence-corrected chi connectivity index (χ2v) is 1.28. The summed E-state index contributed by atoms with van der Waals surface area (Å²) >= 11 is 0. The standard InChI is InChI=1S/C2H9BN2O2/c3-2(7-5)1-6-4/h2H,1,3-5H2/t2-/m1/s1. The molecule has 0 saturated heterocycles. The van der Waals surface area contributed by atoms with Gasteiger partial charge in [-0.1, -0.05) is 0 Å². The summed E-state index contributed by atoms with van der Waals surface area (Å²) in [5.41, 5.74) is 0. The smallest absolute Gasteiger partial charge is 0.145 e. The van der Waals surface area contributed by atoms with Crippen LogP contribution in [0.3, 0.4) is 0 Å². The second-order valence-electron chi connectivity index (χ2n) is 1.28. The average molecular weight is 104 g/mol. The highest BCUT2D eigenvalue weighted by atomic mass is 16.7. The third-order valence-electron chi connectivity index (χ3n) is 0.563. The number of hydrogen-bond acceptors (Lipinski definition) is 4. The minimum absolute atomic E-state index is 0.120. The molecule has 7 heavy (non-hydrogen) atoms. The molecular formula is C2H9BN2O2. The van der Waals surface area contributed by atoms with Crippen LogP contribution in [0.4, 0.5) is 0 Å². The largest absolute Gasteiger partial charge is 0.308 e. The zero-order valence-corrected chi connectivity index (χ0v) is 4.26. The van der Waals surface area contributed by atoms with E-state index in [1.807, 2.05) is 0 Å². The van der Waals surface area contributed by atoms with Gasteiger partial charge in [0.1, 0.15) is 7.85 Å². The van der Waals surface area contributed by atoms with Gasteiger partial charge in [0, 0.05) is 0 Å². The van der Waals surface area contributed by atoms with Crippen molar-refractivity contribution in [2.75, 3.05) is 6.61 Å². The van der Waals surface area contributed by atoms with Crippen molar-refractivity contribution >= 4 is 7.85 Å². The van der Waals surface area contributed by atoms with Crippen molar-refractivity contribution in [2.45, 2.75) is 6.00 Å². The summed E-state index contributed by atoms with van der Waals surface area (Å²) < 4.78 is 0. The zero-order valence-electron chi connectivity index (χ0n) is 4.26. The highest BCUT2D eigenvalue weighted by Crippen LogP contribution is 1.75. The highest BCUT2D eigenvalue weighted by molar-refractivity contribution is 6.11. The van der Waals surface area contributed by atoms with E-state index in [1.54, 1.807) is 7.85 Å². The van der Waals surface area contributed by atoms with E-state index in [-0.39, 0.29) is 6.00 Å². The van der Waals surface area contributed by atoms with Crippen LogP contribution in [0.5, 0.6) is 0 Å². The van der Waals surface area contributed by atoms with Crippen molar-refractivity contribution in [3.8, 4) is 0 Å². The quantitative estimate of drug-likeness (QED) is 0.312. The van der Waals surface area contributed by atoms with Gasteiger partial charge in [-0.25, -0.2) is 11.8 Å². The maximum atomic E-state index is 4.72. The van der Waals surface area contributed by atoms with Crippen LogP contribution in [0, 0.1) is 0 Å². The lowest BCUT2D eigenvalue weighted by Crippen LogP contribution is -2.24. The van der Waals surface area contributed by atoms with Gasteiger partial charge in [0.25, 0.3) is 0 Å². The molecule has 0 bridgehead atoms. The van der Waals surface area contributed by atoms with Crippen molar-refractivity contribution in [2.24, 2.45) is 11.8 Å². The molecule has 0 radical (unpaired) electrons. The van der Waals surface area contributed by atoms with Gasteiger partial charge in [0.2, 0.25) is 0 Å². The minimum atomic E-state index is -0.120. The van der Waals surface area contributed by atoms with Gasteiger partial charge >= 0.3 is 0 Å². The normalized spacial score (nSPS) is 14.0. The molecule has 0 aromatic heterocycles. The number of nitrogens with two attached hydrogens (primary N) is 2. The van der Waals surface area contributed by atoms with Crippen LogP contribution < -0.4 is 11.8 Å². The van der Waals surface area contributed by atoms with Crippen LogP contribution in [-0.4, -0.2) is 20.5 Å². The molecule has 1 atom stereocenters. The lowest BCUT2D eigenvalue weighted by molar-refractivity contribution is 0.0241. The van der Waals surface area contributed by atoms with Gasteiger partial charge in [-0.15, -0.1) is 0 Å². The highest BCUT2D eigenvalue weighted by Gasteiger charge is 1.95. The third kappa shape index (κ3) is 3.74. The van der Waals surface area contributed by atoms with Crippen molar-refractivity contribution in [3.05, 3.63) is 0 Å². The Labute approximate surface area is 43.1 Å². The van der Waals surface area contributed by atoms with Crippen LogP contribution in [0.15, 0.2) is 0 Å². The first-order valence-electron chi connectivity index (χ1n) is 1.98. The summed E-state index contributed by atoms with van der Waals surface area (Å²) in [4.78, 5) is 8.48. The van der Waals surface area contributed by atoms with Gasteiger partial charge in [-0.2, -0.15) is 0 Å². The fourth-order valence-electron chi connectivity index (χ4n) is 0.175. The van der Waals surface area contributed by atoms with Crippen molar-refractivity contribution in [3.63, 3.8) is 0 Å². The van der Waals surface area contributed by atoms with E-state index in [0.29, 0.717) is 6.61 Å². The van der Waals surface area contributed by atoms with E-state index in [1.165, 1.54) is 0 Å². The molecule has 42 valence electrons. The number of hydrogen-bond donors (Lipinski definition) is 2. The van der Waals surface area contributed by atoms with E-state index in [4.69, 9.17) is 5.90 Å². The predicted molar refractivity (Wildman–Crippen MR) is 27.7 cm³/mol. The Bertz CT molecular complexity index is 44.7. The topological polar surface area (TPSA) is 70.5 Å². The van der Waals surface area contributed by atoms with E-state index >= 15 is 0 Å². The first-order valence-corrected chi connectivity index (χ1v) is 1.98. The van der Waals surface area contributed by atoms with Crippen LogP contribution in [0.1, 0.15) is 0 Å². The van der Waals surface area contributed by atoms with Gasteiger partial charge in [-0.05, 0) is 0 Å². The van der Waals surface area contributed by atoms with Crippen LogP contribution in [-0.2, 0) is 9.68 Å². The molecule has 0 aliphatic carbocycles. The summed E-state index contributed by atoms with van der Waals surface area (Å²) in [5.74, 6) is 9.39. The molecule has 4 nitrogen and oxygen atoms in total. The molecule has 0 unspecified atom stereocenters. The Hall–Kier alpha value is -0.0951. The summed E-state index contributed by atoms with van der Waals surface area (Å²) in [7, 11) is 1.76. The molecule has 0 spiro atoms. The lowest BCUT2D eigenvalue weighted by atomic mass is 10.0. The summed E-state index contributed by atoms with van der Waals surface area (Å²) in [5, 5.41) is 0. The maximum Gasteiger partial charge on any atom is 0.145 e. The summed E-state index contributed by atoms with van der Waals surface area (Å²) in [6.45, 7) is 0.330. The Kier molecular flexibility index (Phi) is 4.02. The van der Waals surface area contributed by atoms with E-state index < -0.39 is 0 Å². The van der Waals surface area contributed by atoms with E-state index in [9.17, 15) is 0 Å². The summed E-state index contributed by atoms with van der Waals surface area (Å²) in [6.07, 6.45) is 0. The Morgan fingerprint density at radius 1 is 1.57 bits per heavy atom. The molecule has 0 saturated carbocycles. The third-order valence-corrected chi connectivity index (χ3v) is 0.563. The molecule has 0 aromatic carbocycles. The monoisotopic (exact) mass is 104 g/mol. The molecule has 0 heterocycles. The molecule has 0 aliphatic rings. The lowest BCUT2D eigenvalue weighted by Gasteiger charge is -2.03. The molecular weight excluding hydrogens is 94.8 g/mol. The van der Waals surface area contributed by atoms with Gasteiger partial charge in [-0.3, -0.25) is 0 Å². The molecule has 0 rings (SSSR count). The van der Waals surface area contributed by atoms with Crippen LogP contribution in [0.2, 0.25) is 0 Å². The van der Waals surface area contributed by atoms with Crippen molar-refractivity contribution < 1.29 is 9.68 Å². The van der Waals surface area contributed by atoms with Gasteiger partial charge < -0.3 is 9.68 Å². The van der Waals surface area contributed by atoms with E-state index in [0.717, 1.165) is 0 Å². The molecule has 0 fully saturated rings. The molecule has 0 aromatic rings. The SMILES string of the molecule is B[C@@H](CON)ON. The first-order chi connectivity index (χ1) is 3.31. The molecule has 5 heteroatoms. The predicted octanol–water partition coefficient (Wildman–Crippen LogP) is -2.27. The first kappa shape index (κ1) is 6.90. The van der Waals surface area contributed by atoms with Crippen molar-refractivity contribution in [1.29, 1.82) is 0 Å². The van der Waals surface area contributed by atoms with Gasteiger partial charge in [0.15, 0.2) is 0 Å². The fraction of sp³-hybridized carbons (Fsp3) is 1.00. The maximum absolute atomic E-state index is 4.72. The number of rotatable bonds is 3. The van der Waals surface area contributed by atoms with Gasteiger partial charge in [0.05, 0.1) is 12.6 Å². The molecule has 4 N–H and O–H groups in total. The Morgan fingerprint density at radius 2 is 2.14 bits per heavy atom. The van der Waals surface area contributed by atoms with Crippen LogP contribution >= 0.6 is 0 Å². The molecule has 0 aliphatic heterocycles. The molecule has 0 amide bonds. The summed E-state index contributed by atoms with van der Waals surface area (Å²) in [6, 6.07) is -0.120. The Morgan fingerprint density at radius 3 is 2.29 bits per heavy atom.